The Kier molecular flexibility index (Phi) is 6.71. The monoisotopic (exact) mass is 346 g/mol. The van der Waals surface area contributed by atoms with E-state index in [-0.39, 0.29) is 6.04 Å². The van der Waals surface area contributed by atoms with Crippen LogP contribution in [0.3, 0.4) is 0 Å². The van der Waals surface area contributed by atoms with Gasteiger partial charge >= 0.3 is 0 Å². The van der Waals surface area contributed by atoms with Gasteiger partial charge in [0.25, 0.3) is 0 Å². The highest BCUT2D eigenvalue weighted by atomic mass is 16.5. The molecule has 140 valence electrons. The first-order valence-electron chi connectivity index (χ1n) is 9.20. The van der Waals surface area contributed by atoms with Gasteiger partial charge in [-0.3, -0.25) is 4.99 Å². The first-order chi connectivity index (χ1) is 11.9. The Morgan fingerprint density at radius 1 is 1.32 bits per heavy atom. The Balaban J connectivity index is 2.14. The molecule has 0 radical (unpaired) electrons. The fourth-order valence-electron chi connectivity index (χ4n) is 3.28. The molecule has 5 heteroatoms. The lowest BCUT2D eigenvalue weighted by molar-refractivity contribution is 0.304. The number of benzene rings is 1. The summed E-state index contributed by atoms with van der Waals surface area (Å²) in [4.78, 5) is 9.58. The van der Waals surface area contributed by atoms with E-state index in [1.54, 1.807) is 7.11 Å². The van der Waals surface area contributed by atoms with E-state index in [4.69, 9.17) is 9.73 Å². The van der Waals surface area contributed by atoms with Crippen molar-refractivity contribution in [2.45, 2.75) is 33.2 Å². The van der Waals surface area contributed by atoms with Crippen LogP contribution in [-0.4, -0.2) is 63.1 Å². The number of hydrogen-bond donors (Lipinski definition) is 1. The Morgan fingerprint density at radius 2 is 2.00 bits per heavy atom. The summed E-state index contributed by atoms with van der Waals surface area (Å²) in [5.74, 6) is 1.92. The zero-order chi connectivity index (χ0) is 18.4. The standard InChI is InChI=1S/C20H34N4O/c1-7-21-19(24-13-12-20(2,3)15-24)22-14-18(23(4)5)16-8-10-17(25-6)11-9-16/h8-11,18H,7,12-15H2,1-6H3,(H,21,22). The van der Waals surface area contributed by atoms with E-state index < -0.39 is 0 Å². The summed E-state index contributed by atoms with van der Waals surface area (Å²) < 4.78 is 5.27. The number of likely N-dealkylation sites (tertiary alicyclic amines) is 1. The molecular formula is C20H34N4O. The highest BCUT2D eigenvalue weighted by molar-refractivity contribution is 5.80. The third-order valence-electron chi connectivity index (χ3n) is 4.85. The maximum atomic E-state index is 5.27. The molecule has 1 saturated heterocycles. The SMILES string of the molecule is CCNC(=NCC(c1ccc(OC)cc1)N(C)C)N1CCC(C)(C)C1. The van der Waals surface area contributed by atoms with Crippen LogP contribution in [0, 0.1) is 5.41 Å². The van der Waals surface area contributed by atoms with Gasteiger partial charge in [0.15, 0.2) is 5.96 Å². The average Bonchev–Trinajstić information content (AvgIpc) is 2.94. The summed E-state index contributed by atoms with van der Waals surface area (Å²) in [6.45, 7) is 10.6. The zero-order valence-corrected chi connectivity index (χ0v) is 16.7. The fraction of sp³-hybridized carbons (Fsp3) is 0.650. The molecule has 1 fully saturated rings. The third kappa shape index (κ3) is 5.36. The van der Waals surface area contributed by atoms with Crippen LogP contribution in [-0.2, 0) is 0 Å². The van der Waals surface area contributed by atoms with Crippen LogP contribution in [0.15, 0.2) is 29.3 Å². The summed E-state index contributed by atoms with van der Waals surface area (Å²) in [6, 6.07) is 8.54. The first-order valence-corrected chi connectivity index (χ1v) is 9.20. The molecule has 2 rings (SSSR count). The number of ether oxygens (including phenoxy) is 1. The molecule has 1 aliphatic heterocycles. The number of nitrogens with one attached hydrogen (secondary N) is 1. The van der Waals surface area contributed by atoms with Gasteiger partial charge in [0.05, 0.1) is 19.7 Å². The second kappa shape index (κ2) is 8.56. The average molecular weight is 347 g/mol. The normalized spacial score (nSPS) is 18.5. The Bertz CT molecular complexity index is 566. The van der Waals surface area contributed by atoms with E-state index in [2.05, 4.69) is 62.1 Å². The number of nitrogens with zero attached hydrogens (tertiary/aromatic N) is 3. The van der Waals surface area contributed by atoms with Gasteiger partial charge in [-0.25, -0.2) is 0 Å². The minimum Gasteiger partial charge on any atom is -0.497 e. The van der Waals surface area contributed by atoms with Gasteiger partial charge in [-0.1, -0.05) is 26.0 Å². The predicted octanol–water partition coefficient (Wildman–Crippen LogP) is 3.00. The van der Waals surface area contributed by atoms with Crippen LogP contribution in [0.5, 0.6) is 5.75 Å². The molecular weight excluding hydrogens is 312 g/mol. The number of likely N-dealkylation sites (N-methyl/N-ethyl adjacent to an activating group) is 1. The Labute approximate surface area is 153 Å². The van der Waals surface area contributed by atoms with Crippen molar-refractivity contribution in [2.75, 3.05) is 47.4 Å². The van der Waals surface area contributed by atoms with Gasteiger partial charge in [-0.05, 0) is 50.6 Å². The van der Waals surface area contributed by atoms with E-state index in [9.17, 15) is 0 Å². The quantitative estimate of drug-likeness (QED) is 0.635. The lowest BCUT2D eigenvalue weighted by atomic mass is 9.93. The van der Waals surface area contributed by atoms with Gasteiger partial charge in [-0.2, -0.15) is 0 Å². The van der Waals surface area contributed by atoms with Gasteiger partial charge in [0, 0.05) is 19.6 Å². The molecule has 1 aromatic rings. The van der Waals surface area contributed by atoms with Crippen molar-refractivity contribution < 1.29 is 4.74 Å². The van der Waals surface area contributed by atoms with Crippen molar-refractivity contribution in [2.24, 2.45) is 10.4 Å². The van der Waals surface area contributed by atoms with E-state index in [1.165, 1.54) is 12.0 Å². The number of hydrogen-bond acceptors (Lipinski definition) is 3. The minimum absolute atomic E-state index is 0.246. The number of rotatable bonds is 6. The highest BCUT2D eigenvalue weighted by Crippen LogP contribution is 2.29. The zero-order valence-electron chi connectivity index (χ0n) is 16.7. The second-order valence-electron chi connectivity index (χ2n) is 7.78. The van der Waals surface area contributed by atoms with E-state index in [0.29, 0.717) is 5.41 Å². The summed E-state index contributed by atoms with van der Waals surface area (Å²) in [5.41, 5.74) is 1.62. The molecule has 0 spiro atoms. The molecule has 0 amide bonds. The molecule has 1 N–H and O–H groups in total. The molecule has 0 aliphatic carbocycles. The van der Waals surface area contributed by atoms with Crippen LogP contribution in [0.25, 0.3) is 0 Å². The predicted molar refractivity (Wildman–Crippen MR) is 105 cm³/mol. The largest absolute Gasteiger partial charge is 0.497 e. The fourth-order valence-corrected chi connectivity index (χ4v) is 3.28. The van der Waals surface area contributed by atoms with Crippen molar-refractivity contribution in [3.63, 3.8) is 0 Å². The molecule has 1 atom stereocenters. The minimum atomic E-state index is 0.246. The topological polar surface area (TPSA) is 40.1 Å². The molecule has 0 aromatic heterocycles. The molecule has 1 heterocycles. The van der Waals surface area contributed by atoms with Crippen molar-refractivity contribution in [1.82, 2.24) is 15.1 Å². The molecule has 0 saturated carbocycles. The van der Waals surface area contributed by atoms with Crippen LogP contribution in [0.2, 0.25) is 0 Å². The van der Waals surface area contributed by atoms with E-state index in [0.717, 1.165) is 37.9 Å². The highest BCUT2D eigenvalue weighted by Gasteiger charge is 2.31. The van der Waals surface area contributed by atoms with Crippen molar-refractivity contribution >= 4 is 5.96 Å². The smallest absolute Gasteiger partial charge is 0.194 e. The van der Waals surface area contributed by atoms with Crippen LogP contribution in [0.1, 0.15) is 38.8 Å². The van der Waals surface area contributed by atoms with Crippen LogP contribution < -0.4 is 10.1 Å². The van der Waals surface area contributed by atoms with Crippen LogP contribution >= 0.6 is 0 Å². The Morgan fingerprint density at radius 3 is 2.48 bits per heavy atom. The molecule has 0 bridgehead atoms. The number of aliphatic imine (C=N–C) groups is 1. The van der Waals surface area contributed by atoms with Crippen molar-refractivity contribution in [3.05, 3.63) is 29.8 Å². The molecule has 1 aliphatic rings. The molecule has 25 heavy (non-hydrogen) atoms. The van der Waals surface area contributed by atoms with Gasteiger partial charge < -0.3 is 19.9 Å². The third-order valence-corrected chi connectivity index (χ3v) is 4.85. The second-order valence-corrected chi connectivity index (χ2v) is 7.78. The number of methoxy groups -OCH3 is 1. The summed E-state index contributed by atoms with van der Waals surface area (Å²) in [5, 5.41) is 3.46. The van der Waals surface area contributed by atoms with Crippen LogP contribution in [0.4, 0.5) is 0 Å². The maximum absolute atomic E-state index is 5.27. The summed E-state index contributed by atoms with van der Waals surface area (Å²) in [6.07, 6.45) is 1.22. The Hall–Kier alpha value is -1.75. The van der Waals surface area contributed by atoms with Gasteiger partial charge in [-0.15, -0.1) is 0 Å². The molecule has 1 unspecified atom stereocenters. The van der Waals surface area contributed by atoms with Crippen molar-refractivity contribution in [1.29, 1.82) is 0 Å². The number of guanidine groups is 1. The summed E-state index contributed by atoms with van der Waals surface area (Å²) in [7, 11) is 5.91. The summed E-state index contributed by atoms with van der Waals surface area (Å²) >= 11 is 0. The van der Waals surface area contributed by atoms with Gasteiger partial charge in [0.1, 0.15) is 5.75 Å². The van der Waals surface area contributed by atoms with Crippen molar-refractivity contribution in [3.8, 4) is 5.75 Å². The maximum Gasteiger partial charge on any atom is 0.194 e. The lowest BCUT2D eigenvalue weighted by Gasteiger charge is -2.26. The molecule has 1 aromatic carbocycles. The van der Waals surface area contributed by atoms with E-state index in [1.807, 2.05) is 12.1 Å². The van der Waals surface area contributed by atoms with Gasteiger partial charge in [0.2, 0.25) is 0 Å². The molecule has 5 nitrogen and oxygen atoms in total. The first kappa shape index (κ1) is 19.6. The lowest BCUT2D eigenvalue weighted by Crippen LogP contribution is -2.41. The van der Waals surface area contributed by atoms with E-state index >= 15 is 0 Å².